The summed E-state index contributed by atoms with van der Waals surface area (Å²) in [6.45, 7) is 11.5. The Morgan fingerprint density at radius 1 is 1.21 bits per heavy atom. The molecule has 28 heavy (non-hydrogen) atoms. The van der Waals surface area contributed by atoms with Crippen molar-refractivity contribution in [2.45, 2.75) is 44.6 Å². The molecule has 1 heterocycles. The van der Waals surface area contributed by atoms with E-state index in [1.54, 1.807) is 11.8 Å². The second-order valence-electron chi connectivity index (χ2n) is 7.10. The van der Waals surface area contributed by atoms with Crippen LogP contribution in [0.3, 0.4) is 0 Å². The Kier molecular flexibility index (Phi) is 7.51. The average molecular weight is 412 g/mol. The first-order chi connectivity index (χ1) is 13.5. The number of aryl methyl sites for hydroxylation is 2. The Morgan fingerprint density at radius 3 is 2.71 bits per heavy atom. The molecule has 1 atom stereocenters. The standard InChI is InChI=1S/C23H29N3S2/c1-5-20-15-27-23(25-20)26-21-10-8-19(9-11-21)12-13-24-18(4)28-22-14-16(2)6-7-17(22)3/h6-11,14,20,24H,4-5,12-13,15H2,1-3H3,(H,25,26). The van der Waals surface area contributed by atoms with Gasteiger partial charge >= 0.3 is 0 Å². The lowest BCUT2D eigenvalue weighted by atomic mass is 10.1. The average Bonchev–Trinajstić information content (AvgIpc) is 3.14. The van der Waals surface area contributed by atoms with Crippen LogP contribution in [0.4, 0.5) is 5.69 Å². The van der Waals surface area contributed by atoms with Gasteiger partial charge in [-0.25, -0.2) is 0 Å². The lowest BCUT2D eigenvalue weighted by Gasteiger charge is -2.12. The summed E-state index contributed by atoms with van der Waals surface area (Å²) in [6, 6.07) is 15.6. The molecular weight excluding hydrogens is 382 g/mol. The molecule has 2 aromatic carbocycles. The van der Waals surface area contributed by atoms with Crippen molar-refractivity contribution >= 4 is 34.4 Å². The first kappa shape index (κ1) is 20.9. The number of nitrogens with one attached hydrogen (secondary N) is 2. The van der Waals surface area contributed by atoms with Gasteiger partial charge in [-0.1, -0.05) is 61.3 Å². The SMILES string of the molecule is C=C(NCCc1ccc(NC2=NC(CC)CS2)cc1)Sc1cc(C)ccc1C. The fourth-order valence-electron chi connectivity index (χ4n) is 2.90. The Morgan fingerprint density at radius 2 is 2.00 bits per heavy atom. The lowest BCUT2D eigenvalue weighted by Crippen LogP contribution is -2.14. The summed E-state index contributed by atoms with van der Waals surface area (Å²) in [6.07, 6.45) is 2.08. The normalized spacial score (nSPS) is 16.0. The van der Waals surface area contributed by atoms with Gasteiger partial charge in [-0.05, 0) is 61.6 Å². The van der Waals surface area contributed by atoms with Crippen LogP contribution in [0.5, 0.6) is 0 Å². The van der Waals surface area contributed by atoms with Crippen LogP contribution in [0.1, 0.15) is 30.0 Å². The van der Waals surface area contributed by atoms with Crippen molar-refractivity contribution in [3.05, 3.63) is 70.8 Å². The van der Waals surface area contributed by atoms with Gasteiger partial charge in [-0.3, -0.25) is 4.99 Å². The van der Waals surface area contributed by atoms with Crippen LogP contribution in [0.15, 0.2) is 64.0 Å². The van der Waals surface area contributed by atoms with E-state index in [0.717, 1.165) is 41.0 Å². The van der Waals surface area contributed by atoms with Crippen molar-refractivity contribution in [2.75, 3.05) is 17.6 Å². The van der Waals surface area contributed by atoms with Crippen LogP contribution in [-0.4, -0.2) is 23.5 Å². The summed E-state index contributed by atoms with van der Waals surface area (Å²) in [4.78, 5) is 5.96. The van der Waals surface area contributed by atoms with Crippen LogP contribution in [0.25, 0.3) is 0 Å². The summed E-state index contributed by atoms with van der Waals surface area (Å²) in [5.74, 6) is 1.09. The maximum absolute atomic E-state index is 4.69. The molecule has 5 heteroatoms. The molecular formula is C23H29N3S2. The van der Waals surface area contributed by atoms with Crippen LogP contribution in [0, 0.1) is 13.8 Å². The molecule has 1 aliphatic rings. The molecule has 0 spiro atoms. The highest BCUT2D eigenvalue weighted by atomic mass is 32.2. The van der Waals surface area contributed by atoms with Gasteiger partial charge in [0, 0.05) is 22.9 Å². The van der Waals surface area contributed by atoms with Crippen molar-refractivity contribution in [3.63, 3.8) is 0 Å². The van der Waals surface area contributed by atoms with Crippen LogP contribution < -0.4 is 10.6 Å². The molecule has 0 amide bonds. The zero-order valence-electron chi connectivity index (χ0n) is 16.9. The van der Waals surface area contributed by atoms with Crippen LogP contribution in [0.2, 0.25) is 0 Å². The fraction of sp³-hybridized carbons (Fsp3) is 0.348. The monoisotopic (exact) mass is 411 g/mol. The van der Waals surface area contributed by atoms with Gasteiger partial charge in [-0.2, -0.15) is 0 Å². The van der Waals surface area contributed by atoms with Gasteiger partial charge in [0.1, 0.15) is 0 Å². The number of hydrogen-bond donors (Lipinski definition) is 2. The first-order valence-electron chi connectivity index (χ1n) is 9.78. The van der Waals surface area contributed by atoms with Crippen molar-refractivity contribution < 1.29 is 0 Å². The predicted molar refractivity (Wildman–Crippen MR) is 127 cm³/mol. The third-order valence-electron chi connectivity index (χ3n) is 4.70. The van der Waals surface area contributed by atoms with Crippen LogP contribution in [-0.2, 0) is 6.42 Å². The number of aliphatic imine (C=N–C) groups is 1. The molecule has 0 saturated carbocycles. The Labute approximate surface area is 177 Å². The van der Waals surface area contributed by atoms with Gasteiger partial charge in [0.25, 0.3) is 0 Å². The van der Waals surface area contributed by atoms with E-state index in [1.165, 1.54) is 21.6 Å². The predicted octanol–water partition coefficient (Wildman–Crippen LogP) is 5.99. The third-order valence-corrected chi connectivity index (χ3v) is 6.78. The van der Waals surface area contributed by atoms with E-state index in [4.69, 9.17) is 0 Å². The largest absolute Gasteiger partial charge is 0.380 e. The number of nitrogens with zero attached hydrogens (tertiary/aromatic N) is 1. The molecule has 0 aliphatic carbocycles. The number of anilines is 1. The summed E-state index contributed by atoms with van der Waals surface area (Å²) in [7, 11) is 0. The minimum atomic E-state index is 0.465. The van der Waals surface area contributed by atoms with Gasteiger partial charge in [0.05, 0.1) is 11.1 Å². The highest BCUT2D eigenvalue weighted by Crippen LogP contribution is 2.28. The molecule has 2 aromatic rings. The minimum absolute atomic E-state index is 0.465. The van der Waals surface area contributed by atoms with E-state index in [1.807, 2.05) is 11.8 Å². The Hall–Kier alpha value is -1.85. The third kappa shape index (κ3) is 6.08. The number of benzene rings is 2. The zero-order valence-corrected chi connectivity index (χ0v) is 18.6. The molecule has 2 N–H and O–H groups in total. The smallest absolute Gasteiger partial charge is 0.161 e. The van der Waals surface area contributed by atoms with E-state index in [0.29, 0.717) is 6.04 Å². The van der Waals surface area contributed by atoms with E-state index in [9.17, 15) is 0 Å². The first-order valence-corrected chi connectivity index (χ1v) is 11.6. The van der Waals surface area contributed by atoms with Crippen LogP contribution >= 0.6 is 23.5 Å². The maximum atomic E-state index is 4.69. The van der Waals surface area contributed by atoms with Crippen molar-refractivity contribution in [2.24, 2.45) is 4.99 Å². The molecule has 0 aromatic heterocycles. The van der Waals surface area contributed by atoms with Crippen molar-refractivity contribution in [3.8, 4) is 0 Å². The molecule has 3 nitrogen and oxygen atoms in total. The van der Waals surface area contributed by atoms with Gasteiger partial charge < -0.3 is 10.6 Å². The Bertz CT molecular complexity index is 843. The molecule has 0 radical (unpaired) electrons. The van der Waals surface area contributed by atoms with E-state index in [2.05, 4.69) is 85.4 Å². The summed E-state index contributed by atoms with van der Waals surface area (Å²) >= 11 is 3.52. The fourth-order valence-corrected chi connectivity index (χ4v) is 4.89. The summed E-state index contributed by atoms with van der Waals surface area (Å²) < 4.78 is 0. The van der Waals surface area contributed by atoms with Crippen molar-refractivity contribution in [1.29, 1.82) is 0 Å². The maximum Gasteiger partial charge on any atom is 0.161 e. The molecule has 0 bridgehead atoms. The van der Waals surface area contributed by atoms with Gasteiger partial charge in [0.2, 0.25) is 0 Å². The summed E-state index contributed by atoms with van der Waals surface area (Å²) in [5, 5.41) is 8.90. The number of rotatable bonds is 8. The second kappa shape index (κ2) is 10.1. The highest BCUT2D eigenvalue weighted by molar-refractivity contribution is 8.14. The molecule has 148 valence electrons. The molecule has 0 saturated heterocycles. The quantitative estimate of drug-likeness (QED) is 0.523. The summed E-state index contributed by atoms with van der Waals surface area (Å²) in [5.41, 5.74) is 4.99. The number of amidine groups is 1. The Balaban J connectivity index is 1.43. The van der Waals surface area contributed by atoms with E-state index in [-0.39, 0.29) is 0 Å². The molecule has 3 rings (SSSR count). The molecule has 0 fully saturated rings. The van der Waals surface area contributed by atoms with Crippen molar-refractivity contribution in [1.82, 2.24) is 5.32 Å². The lowest BCUT2D eigenvalue weighted by molar-refractivity contribution is 0.738. The topological polar surface area (TPSA) is 36.4 Å². The van der Waals surface area contributed by atoms with E-state index >= 15 is 0 Å². The van der Waals surface area contributed by atoms with E-state index < -0.39 is 0 Å². The van der Waals surface area contributed by atoms with Gasteiger partial charge in [0.15, 0.2) is 5.17 Å². The minimum Gasteiger partial charge on any atom is -0.380 e. The molecule has 1 aliphatic heterocycles. The highest BCUT2D eigenvalue weighted by Gasteiger charge is 2.16. The second-order valence-corrected chi connectivity index (χ2v) is 9.25. The number of hydrogen-bond acceptors (Lipinski definition) is 5. The molecule has 1 unspecified atom stereocenters. The zero-order chi connectivity index (χ0) is 19.9. The number of thioether (sulfide) groups is 2. The van der Waals surface area contributed by atoms with Gasteiger partial charge in [-0.15, -0.1) is 0 Å².